The predicted molar refractivity (Wildman–Crippen MR) is 137 cm³/mol. The Morgan fingerprint density at radius 1 is 0.765 bits per heavy atom. The Labute approximate surface area is 199 Å². The molecule has 0 radical (unpaired) electrons. The number of oxazole rings is 1. The first-order valence-corrected chi connectivity index (χ1v) is 11.5. The van der Waals surface area contributed by atoms with Gasteiger partial charge in [-0.2, -0.15) is 0 Å². The molecule has 1 heterocycles. The fourth-order valence-electron chi connectivity index (χ4n) is 4.16. The molecule has 168 valence electrons. The number of aromatic nitrogens is 1. The third-order valence-corrected chi connectivity index (χ3v) is 5.98. The molecule has 0 bridgehead atoms. The van der Waals surface area contributed by atoms with Crippen LogP contribution in [0, 0.1) is 0 Å². The van der Waals surface area contributed by atoms with Gasteiger partial charge in [-0.15, -0.1) is 0 Å². The maximum atomic E-state index is 13.5. The van der Waals surface area contributed by atoms with Crippen LogP contribution in [0.4, 0.5) is 5.69 Å². The maximum absolute atomic E-state index is 13.5. The minimum atomic E-state index is -0.412. The number of carbonyl (C=O) groups is 1. The number of carbonyl (C=O) groups excluding carboxylic acids is 1. The number of amides is 1. The molecule has 0 aliphatic heterocycles. The van der Waals surface area contributed by atoms with Gasteiger partial charge in [-0.25, -0.2) is 4.98 Å². The molecule has 0 aliphatic carbocycles. The van der Waals surface area contributed by atoms with E-state index in [9.17, 15) is 4.79 Å². The van der Waals surface area contributed by atoms with Gasteiger partial charge < -0.3 is 9.73 Å². The molecule has 1 N–H and O–H groups in total. The molecule has 0 saturated heterocycles. The van der Waals surface area contributed by atoms with E-state index in [0.29, 0.717) is 17.5 Å². The molecule has 0 spiro atoms. The van der Waals surface area contributed by atoms with Crippen LogP contribution in [0.15, 0.2) is 108 Å². The van der Waals surface area contributed by atoms with Crippen LogP contribution < -0.4 is 5.32 Å². The number of hydrogen-bond donors (Lipinski definition) is 1. The highest BCUT2D eigenvalue weighted by Crippen LogP contribution is 2.30. The smallest absolute Gasteiger partial charge is 0.236 e. The van der Waals surface area contributed by atoms with Crippen molar-refractivity contribution in [2.45, 2.75) is 25.7 Å². The van der Waals surface area contributed by atoms with Crippen molar-refractivity contribution < 1.29 is 9.21 Å². The minimum absolute atomic E-state index is 0.0892. The van der Waals surface area contributed by atoms with Crippen molar-refractivity contribution in [2.24, 2.45) is 0 Å². The zero-order chi connectivity index (χ0) is 23.5. The molecule has 0 atom stereocenters. The summed E-state index contributed by atoms with van der Waals surface area (Å²) in [5.41, 5.74) is 6.22. The average molecular weight is 447 g/mol. The van der Waals surface area contributed by atoms with Crippen molar-refractivity contribution in [3.05, 3.63) is 120 Å². The minimum Gasteiger partial charge on any atom is -0.436 e. The van der Waals surface area contributed by atoms with Gasteiger partial charge in [0.25, 0.3) is 0 Å². The lowest BCUT2D eigenvalue weighted by Gasteiger charge is -2.18. The summed E-state index contributed by atoms with van der Waals surface area (Å²) in [6.45, 7) is 4.32. The number of hydrogen-bond acceptors (Lipinski definition) is 3. The Hall–Kier alpha value is -4.18. The van der Waals surface area contributed by atoms with E-state index in [1.165, 1.54) is 5.56 Å². The SMILES string of the molecule is CC(C)c1ccc2oc(-c3cccc(NC(=O)C(c4ccccc4)c4ccccc4)c3)nc2c1. The molecular weight excluding hydrogens is 420 g/mol. The zero-order valence-corrected chi connectivity index (χ0v) is 19.2. The molecule has 0 saturated carbocycles. The summed E-state index contributed by atoms with van der Waals surface area (Å²) < 4.78 is 6.01. The second kappa shape index (κ2) is 9.36. The number of anilines is 1. The molecule has 0 fully saturated rings. The van der Waals surface area contributed by atoms with Crippen LogP contribution in [0.5, 0.6) is 0 Å². The van der Waals surface area contributed by atoms with Gasteiger partial charge >= 0.3 is 0 Å². The van der Waals surface area contributed by atoms with Crippen LogP contribution in [-0.4, -0.2) is 10.9 Å². The van der Waals surface area contributed by atoms with Gasteiger partial charge in [-0.1, -0.05) is 86.6 Å². The van der Waals surface area contributed by atoms with Crippen molar-refractivity contribution in [3.8, 4) is 11.5 Å². The standard InChI is InChI=1S/C30H26N2O2/c1-20(2)23-16-17-27-26(19-23)32-30(34-27)24-14-9-15-25(18-24)31-29(33)28(21-10-5-3-6-11-21)22-12-7-4-8-13-22/h3-20,28H,1-2H3,(H,31,33). The second-order valence-corrected chi connectivity index (χ2v) is 8.73. The topological polar surface area (TPSA) is 55.1 Å². The first-order valence-electron chi connectivity index (χ1n) is 11.5. The van der Waals surface area contributed by atoms with Gasteiger partial charge in [0, 0.05) is 11.3 Å². The highest BCUT2D eigenvalue weighted by molar-refractivity contribution is 5.98. The van der Waals surface area contributed by atoms with E-state index in [1.807, 2.05) is 91.0 Å². The molecule has 4 nitrogen and oxygen atoms in total. The Kier molecular flexibility index (Phi) is 5.96. The third-order valence-electron chi connectivity index (χ3n) is 5.98. The molecule has 5 aromatic rings. The van der Waals surface area contributed by atoms with Gasteiger partial charge in [0.15, 0.2) is 5.58 Å². The molecule has 1 amide bonds. The number of fused-ring (bicyclic) bond motifs is 1. The molecule has 1 aromatic heterocycles. The zero-order valence-electron chi connectivity index (χ0n) is 19.2. The van der Waals surface area contributed by atoms with Crippen molar-refractivity contribution in [1.82, 2.24) is 4.98 Å². The van der Waals surface area contributed by atoms with E-state index >= 15 is 0 Å². The summed E-state index contributed by atoms with van der Waals surface area (Å²) in [4.78, 5) is 18.2. The summed E-state index contributed by atoms with van der Waals surface area (Å²) in [5.74, 6) is 0.457. The summed E-state index contributed by atoms with van der Waals surface area (Å²) in [6.07, 6.45) is 0. The number of rotatable bonds is 6. The monoisotopic (exact) mass is 446 g/mol. The summed E-state index contributed by atoms with van der Waals surface area (Å²) >= 11 is 0. The van der Waals surface area contributed by atoms with E-state index in [2.05, 4.69) is 31.3 Å². The molecule has 5 rings (SSSR count). The van der Waals surface area contributed by atoms with Crippen molar-refractivity contribution in [3.63, 3.8) is 0 Å². The lowest BCUT2D eigenvalue weighted by molar-refractivity contribution is -0.116. The van der Waals surface area contributed by atoms with Gasteiger partial charge in [0.2, 0.25) is 11.8 Å². The van der Waals surface area contributed by atoms with Crippen molar-refractivity contribution >= 4 is 22.7 Å². The van der Waals surface area contributed by atoms with Crippen LogP contribution in [0.1, 0.15) is 42.4 Å². The van der Waals surface area contributed by atoms with Crippen LogP contribution >= 0.6 is 0 Å². The van der Waals surface area contributed by atoms with E-state index in [0.717, 1.165) is 27.8 Å². The number of nitrogens with one attached hydrogen (secondary N) is 1. The lowest BCUT2D eigenvalue weighted by atomic mass is 9.90. The van der Waals surface area contributed by atoms with Gasteiger partial charge in [-0.05, 0) is 52.9 Å². The Bertz CT molecular complexity index is 1380. The van der Waals surface area contributed by atoms with E-state index in [1.54, 1.807) is 0 Å². The van der Waals surface area contributed by atoms with E-state index < -0.39 is 5.92 Å². The van der Waals surface area contributed by atoms with Crippen LogP contribution in [-0.2, 0) is 4.79 Å². The Morgan fingerprint density at radius 3 is 2.09 bits per heavy atom. The quantitative estimate of drug-likeness (QED) is 0.296. The molecular formula is C30H26N2O2. The maximum Gasteiger partial charge on any atom is 0.236 e. The van der Waals surface area contributed by atoms with E-state index in [4.69, 9.17) is 9.40 Å². The van der Waals surface area contributed by atoms with Crippen molar-refractivity contribution in [1.29, 1.82) is 0 Å². The first kappa shape index (κ1) is 21.7. The normalized spacial score (nSPS) is 11.3. The Balaban J connectivity index is 1.44. The lowest BCUT2D eigenvalue weighted by Crippen LogP contribution is -2.22. The predicted octanol–water partition coefficient (Wildman–Crippen LogP) is 7.39. The highest BCUT2D eigenvalue weighted by atomic mass is 16.3. The highest BCUT2D eigenvalue weighted by Gasteiger charge is 2.23. The number of nitrogens with zero attached hydrogens (tertiary/aromatic N) is 1. The third kappa shape index (κ3) is 4.48. The van der Waals surface area contributed by atoms with Crippen molar-refractivity contribution in [2.75, 3.05) is 5.32 Å². The Morgan fingerprint density at radius 2 is 1.44 bits per heavy atom. The second-order valence-electron chi connectivity index (χ2n) is 8.73. The fourth-order valence-corrected chi connectivity index (χ4v) is 4.16. The van der Waals surface area contributed by atoms with Gasteiger partial charge in [-0.3, -0.25) is 4.79 Å². The average Bonchev–Trinajstić information content (AvgIpc) is 3.29. The summed E-state index contributed by atoms with van der Waals surface area (Å²) in [7, 11) is 0. The first-order chi connectivity index (χ1) is 16.6. The number of benzene rings is 4. The van der Waals surface area contributed by atoms with Crippen LogP contribution in [0.25, 0.3) is 22.6 Å². The summed E-state index contributed by atoms with van der Waals surface area (Å²) in [6, 6.07) is 33.4. The van der Waals surface area contributed by atoms with E-state index in [-0.39, 0.29) is 5.91 Å². The molecule has 34 heavy (non-hydrogen) atoms. The molecule has 0 unspecified atom stereocenters. The van der Waals surface area contributed by atoms with Crippen LogP contribution in [0.2, 0.25) is 0 Å². The van der Waals surface area contributed by atoms with Crippen LogP contribution in [0.3, 0.4) is 0 Å². The van der Waals surface area contributed by atoms with Gasteiger partial charge in [0.1, 0.15) is 5.52 Å². The molecule has 4 heteroatoms. The molecule has 4 aromatic carbocycles. The molecule has 0 aliphatic rings. The van der Waals surface area contributed by atoms with Gasteiger partial charge in [0.05, 0.1) is 5.92 Å². The largest absolute Gasteiger partial charge is 0.436 e. The summed E-state index contributed by atoms with van der Waals surface area (Å²) in [5, 5.41) is 3.10. The fraction of sp³-hybridized carbons (Fsp3) is 0.133.